The highest BCUT2D eigenvalue weighted by molar-refractivity contribution is 7.90. The number of benzene rings is 4. The van der Waals surface area contributed by atoms with Crippen LogP contribution in [0.15, 0.2) is 108 Å². The van der Waals surface area contributed by atoms with Crippen LogP contribution in [0.3, 0.4) is 0 Å². The minimum absolute atomic E-state index is 0.0238. The largest absolute Gasteiger partial charge is 0.475 e. The second-order valence-electron chi connectivity index (χ2n) is 12.7. The van der Waals surface area contributed by atoms with Crippen molar-refractivity contribution in [2.24, 2.45) is 0 Å². The number of nitrogens with zero attached hydrogens (tertiary/aromatic N) is 3. The van der Waals surface area contributed by atoms with Crippen molar-refractivity contribution in [1.82, 2.24) is 14.1 Å². The van der Waals surface area contributed by atoms with Gasteiger partial charge in [0.1, 0.15) is 23.1 Å². The van der Waals surface area contributed by atoms with Crippen LogP contribution >= 0.6 is 0 Å². The maximum absolute atomic E-state index is 15.7. The van der Waals surface area contributed by atoms with Crippen LogP contribution in [0.5, 0.6) is 5.88 Å². The third-order valence-corrected chi connectivity index (χ3v) is 11.8. The minimum atomic E-state index is -4.23. The molecule has 2 aliphatic carbocycles. The second kappa shape index (κ2) is 11.9. The summed E-state index contributed by atoms with van der Waals surface area (Å²) in [5.74, 6) is 0.122. The fourth-order valence-corrected chi connectivity index (χ4v) is 9.63. The first-order valence-corrected chi connectivity index (χ1v) is 18.0. The molecule has 1 unspecified atom stereocenters. The minimum Gasteiger partial charge on any atom is -0.475 e. The zero-order valence-corrected chi connectivity index (χ0v) is 27.3. The number of hydrogen-bond donors (Lipinski definition) is 3. The molecule has 3 aliphatic rings. The quantitative estimate of drug-likeness (QED) is 0.162. The zero-order valence-electron chi connectivity index (χ0n) is 26.5. The van der Waals surface area contributed by atoms with Crippen molar-refractivity contribution in [3.8, 4) is 5.88 Å². The molecule has 2 amide bonds. The molecule has 0 spiro atoms. The Balaban J connectivity index is 1.42. The standard InChI is InChI=1S/C38H37N5O4S/c39-48(46,34-23-40-42-31(24-44)25-47-36(34)42)43(37(45)41-35-32-20-10-12-26(32)22-27-13-11-21-33(27)35)38(28-14-4-1-5-15-28,29-16-6-2-7-17-29)30-18-8-3-9-19-30/h1-9,14-19,22-23,31,39,44H,10-13,20-21,24-25H2,(H,41,45)/t31-,48?/m0/s1. The number of amides is 2. The number of anilines is 1. The van der Waals surface area contributed by atoms with Crippen LogP contribution < -0.4 is 10.1 Å². The van der Waals surface area contributed by atoms with Gasteiger partial charge in [0, 0.05) is 5.69 Å². The Morgan fingerprint density at radius 2 is 1.42 bits per heavy atom. The van der Waals surface area contributed by atoms with E-state index in [1.54, 1.807) is 0 Å². The Morgan fingerprint density at radius 1 is 0.896 bits per heavy atom. The lowest BCUT2D eigenvalue weighted by atomic mass is 9.77. The summed E-state index contributed by atoms with van der Waals surface area (Å²) in [6.45, 7) is -0.110. The van der Waals surface area contributed by atoms with E-state index in [1.165, 1.54) is 26.3 Å². The Labute approximate surface area is 280 Å². The van der Waals surface area contributed by atoms with Crippen molar-refractivity contribution in [3.05, 3.63) is 142 Å². The first-order chi connectivity index (χ1) is 23.4. The van der Waals surface area contributed by atoms with Crippen LogP contribution in [-0.2, 0) is 41.1 Å². The summed E-state index contributed by atoms with van der Waals surface area (Å²) in [7, 11) is -4.23. The molecule has 10 heteroatoms. The number of carbonyl (C=O) groups is 1. The van der Waals surface area contributed by atoms with Gasteiger partial charge in [0.2, 0.25) is 5.88 Å². The number of nitrogens with one attached hydrogen (secondary N) is 2. The molecule has 0 saturated carbocycles. The smallest absolute Gasteiger partial charge is 0.336 e. The van der Waals surface area contributed by atoms with E-state index in [2.05, 4.69) is 16.5 Å². The molecule has 1 aliphatic heterocycles. The molecule has 0 fully saturated rings. The van der Waals surface area contributed by atoms with Gasteiger partial charge in [-0.2, -0.15) is 5.10 Å². The van der Waals surface area contributed by atoms with Crippen molar-refractivity contribution in [3.63, 3.8) is 0 Å². The lowest BCUT2D eigenvalue weighted by Gasteiger charge is -2.45. The van der Waals surface area contributed by atoms with Gasteiger partial charge in [0.15, 0.2) is 9.92 Å². The molecule has 2 heterocycles. The summed E-state index contributed by atoms with van der Waals surface area (Å²) in [5, 5.41) is 17.7. The van der Waals surface area contributed by atoms with Crippen LogP contribution in [-0.4, -0.2) is 42.6 Å². The third kappa shape index (κ3) is 4.65. The van der Waals surface area contributed by atoms with E-state index in [0.717, 1.165) is 55.3 Å². The summed E-state index contributed by atoms with van der Waals surface area (Å²) in [6.07, 6.45) is 6.97. The van der Waals surface area contributed by atoms with E-state index in [1.807, 2.05) is 91.0 Å². The van der Waals surface area contributed by atoms with Gasteiger partial charge >= 0.3 is 6.03 Å². The Morgan fingerprint density at radius 3 is 1.92 bits per heavy atom. The van der Waals surface area contributed by atoms with Crippen LogP contribution in [0.2, 0.25) is 0 Å². The van der Waals surface area contributed by atoms with Crippen molar-refractivity contribution >= 4 is 21.6 Å². The van der Waals surface area contributed by atoms with Crippen LogP contribution in [0.1, 0.15) is 57.8 Å². The zero-order chi connectivity index (χ0) is 32.9. The maximum atomic E-state index is 15.7. The predicted molar refractivity (Wildman–Crippen MR) is 184 cm³/mol. The molecule has 8 rings (SSSR count). The van der Waals surface area contributed by atoms with Crippen molar-refractivity contribution in [1.29, 1.82) is 4.78 Å². The average molecular weight is 660 g/mol. The monoisotopic (exact) mass is 659 g/mol. The summed E-state index contributed by atoms with van der Waals surface area (Å²) >= 11 is 0. The van der Waals surface area contributed by atoms with Gasteiger partial charge in [-0.3, -0.25) is 0 Å². The van der Waals surface area contributed by atoms with Crippen LogP contribution in [0.25, 0.3) is 0 Å². The molecule has 0 radical (unpaired) electrons. The average Bonchev–Trinajstić information content (AvgIpc) is 3.93. The number of hydrogen-bond acceptors (Lipinski definition) is 6. The molecular weight excluding hydrogens is 623 g/mol. The molecule has 4 aromatic carbocycles. The summed E-state index contributed by atoms with van der Waals surface area (Å²) in [4.78, 5) is 15.4. The van der Waals surface area contributed by atoms with Crippen LogP contribution in [0, 0.1) is 4.78 Å². The van der Waals surface area contributed by atoms with E-state index in [9.17, 15) is 9.89 Å². The first kappa shape index (κ1) is 30.4. The molecule has 1 aromatic heterocycles. The number of aliphatic hydroxyl groups excluding tert-OH is 1. The van der Waals surface area contributed by atoms with E-state index in [4.69, 9.17) is 4.74 Å². The van der Waals surface area contributed by atoms with Gasteiger partial charge in [-0.15, -0.1) is 0 Å². The molecule has 2 atom stereocenters. The predicted octanol–water partition coefficient (Wildman–Crippen LogP) is 6.63. The van der Waals surface area contributed by atoms with Gasteiger partial charge < -0.3 is 15.2 Å². The van der Waals surface area contributed by atoms with Crippen LogP contribution in [0.4, 0.5) is 10.5 Å². The number of urea groups is 1. The highest BCUT2D eigenvalue weighted by atomic mass is 32.2. The van der Waals surface area contributed by atoms with Gasteiger partial charge in [-0.25, -0.2) is 22.8 Å². The van der Waals surface area contributed by atoms with Gasteiger partial charge in [-0.05, 0) is 77.5 Å². The number of rotatable bonds is 8. The van der Waals surface area contributed by atoms with Crippen molar-refractivity contribution in [2.75, 3.05) is 18.5 Å². The highest BCUT2D eigenvalue weighted by Gasteiger charge is 2.51. The molecule has 0 saturated heterocycles. The SMILES string of the molecule is N=S(=O)(c1cnn2c1OC[C@@H]2CO)N(C(=O)Nc1c2c(cc3c1CCC3)CCC2)C(c1ccccc1)(c1ccccc1)c1ccccc1. The van der Waals surface area contributed by atoms with Gasteiger partial charge in [-0.1, -0.05) is 97.1 Å². The summed E-state index contributed by atoms with van der Waals surface area (Å²) in [5.41, 5.74) is 6.03. The first-order valence-electron chi connectivity index (χ1n) is 16.5. The van der Waals surface area contributed by atoms with E-state index >= 15 is 9.00 Å². The number of aromatic nitrogens is 2. The molecule has 9 nitrogen and oxygen atoms in total. The molecule has 5 aromatic rings. The maximum Gasteiger partial charge on any atom is 0.336 e. The Hall–Kier alpha value is -4.93. The highest BCUT2D eigenvalue weighted by Crippen LogP contribution is 2.48. The number of fused-ring (bicyclic) bond motifs is 3. The molecular formula is C38H37N5O4S. The number of aliphatic hydroxyl groups is 1. The Bertz CT molecular complexity index is 1970. The normalized spacial score (nSPS) is 17.6. The Kier molecular flexibility index (Phi) is 7.57. The molecule has 0 bridgehead atoms. The van der Waals surface area contributed by atoms with Gasteiger partial charge in [0.05, 0.1) is 12.8 Å². The molecule has 3 N–H and O–H groups in total. The van der Waals surface area contributed by atoms with E-state index in [0.29, 0.717) is 16.7 Å². The fraction of sp³-hybridized carbons (Fsp3) is 0.263. The molecule has 48 heavy (non-hydrogen) atoms. The van der Waals surface area contributed by atoms with Crippen molar-refractivity contribution in [2.45, 2.75) is 55.0 Å². The van der Waals surface area contributed by atoms with E-state index < -0.39 is 27.5 Å². The number of aryl methyl sites for hydroxylation is 2. The fourth-order valence-electron chi connectivity index (χ4n) is 7.87. The number of carbonyl (C=O) groups excluding carboxylic acids is 1. The number of ether oxygens (including phenoxy) is 1. The topological polar surface area (TPSA) is 121 Å². The summed E-state index contributed by atoms with van der Waals surface area (Å²) < 4.78 is 34.3. The lowest BCUT2D eigenvalue weighted by Crippen LogP contribution is -2.55. The lowest BCUT2D eigenvalue weighted by molar-refractivity contribution is 0.206. The third-order valence-electron chi connectivity index (χ3n) is 10.0. The summed E-state index contributed by atoms with van der Waals surface area (Å²) in [6, 6.07) is 29.7. The van der Waals surface area contributed by atoms with Crippen molar-refractivity contribution < 1.29 is 18.8 Å². The van der Waals surface area contributed by atoms with Gasteiger partial charge in [0.25, 0.3) is 0 Å². The molecule has 244 valence electrons. The second-order valence-corrected chi connectivity index (χ2v) is 14.6. The van der Waals surface area contributed by atoms with E-state index in [-0.39, 0.29) is 24.0 Å².